The molecule has 0 saturated carbocycles. The first-order valence-electron chi connectivity index (χ1n) is 13.8. The first-order chi connectivity index (χ1) is 19.2. The summed E-state index contributed by atoms with van der Waals surface area (Å²) < 4.78 is 38.2. The maximum absolute atomic E-state index is 12.2. The number of carbonyl (C=O) groups excluding carboxylic acids is 1. The topological polar surface area (TPSA) is 93.7 Å². The lowest BCUT2D eigenvalue weighted by molar-refractivity contribution is -0.0211. The van der Waals surface area contributed by atoms with Crippen LogP contribution >= 0.6 is 0 Å². The molecular weight excluding hydrogens is 502 g/mol. The predicted octanol–water partition coefficient (Wildman–Crippen LogP) is 4.03. The van der Waals surface area contributed by atoms with Crippen molar-refractivity contribution in [2.75, 3.05) is 85.8 Å². The summed E-state index contributed by atoms with van der Waals surface area (Å²) in [6, 6.07) is 16.5. The van der Waals surface area contributed by atoms with E-state index in [2.05, 4.69) is 29.6 Å². The van der Waals surface area contributed by atoms with Gasteiger partial charge in [0.15, 0.2) is 0 Å². The number of benzene rings is 2. The maximum Gasteiger partial charge on any atom is 0.407 e. The van der Waals surface area contributed by atoms with E-state index in [1.165, 1.54) is 22.3 Å². The average molecular weight is 546 g/mol. The van der Waals surface area contributed by atoms with Gasteiger partial charge in [0.2, 0.25) is 0 Å². The Morgan fingerprint density at radius 1 is 0.667 bits per heavy atom. The molecule has 0 aromatic heterocycles. The second kappa shape index (κ2) is 18.7. The van der Waals surface area contributed by atoms with Crippen molar-refractivity contribution in [3.63, 3.8) is 0 Å². The summed E-state index contributed by atoms with van der Waals surface area (Å²) in [7, 11) is 0. The minimum Gasteiger partial charge on any atom is -0.449 e. The average Bonchev–Trinajstić information content (AvgIpc) is 3.26. The molecule has 0 aliphatic heterocycles. The fourth-order valence-electron chi connectivity index (χ4n) is 4.20. The Balaban J connectivity index is 1.09. The summed E-state index contributed by atoms with van der Waals surface area (Å²) in [6.45, 7) is 10.2. The molecule has 3 rings (SSSR count). The lowest BCUT2D eigenvalue weighted by Gasteiger charge is -2.14. The summed E-state index contributed by atoms with van der Waals surface area (Å²) in [5, 5.41) is 2.74. The van der Waals surface area contributed by atoms with Gasteiger partial charge in [-0.25, -0.2) is 4.79 Å². The molecule has 0 radical (unpaired) electrons. The monoisotopic (exact) mass is 545 g/mol. The second-order valence-corrected chi connectivity index (χ2v) is 9.23. The molecular formula is C30H43NO8. The Morgan fingerprint density at radius 3 is 1.59 bits per heavy atom. The third-order valence-corrected chi connectivity index (χ3v) is 6.03. The molecule has 39 heavy (non-hydrogen) atoms. The van der Waals surface area contributed by atoms with Crippen molar-refractivity contribution in [1.29, 1.82) is 0 Å². The third kappa shape index (κ3) is 11.6. The Bertz CT molecular complexity index is 909. The molecule has 0 saturated heterocycles. The Hall–Kier alpha value is -2.53. The number of alkyl carbamates (subject to hydrolysis) is 1. The van der Waals surface area contributed by atoms with Gasteiger partial charge in [-0.1, -0.05) is 48.5 Å². The number of amides is 1. The van der Waals surface area contributed by atoms with Gasteiger partial charge in [0.05, 0.1) is 78.8 Å². The van der Waals surface area contributed by atoms with E-state index >= 15 is 0 Å². The highest BCUT2D eigenvalue weighted by Crippen LogP contribution is 2.44. The van der Waals surface area contributed by atoms with Crippen molar-refractivity contribution in [2.45, 2.75) is 25.9 Å². The molecule has 2 aromatic carbocycles. The maximum atomic E-state index is 12.2. The molecule has 0 bridgehead atoms. The van der Waals surface area contributed by atoms with Crippen LogP contribution in [0.5, 0.6) is 0 Å². The van der Waals surface area contributed by atoms with E-state index in [0.717, 1.165) is 0 Å². The zero-order chi connectivity index (χ0) is 27.5. The van der Waals surface area contributed by atoms with Crippen LogP contribution in [0.1, 0.15) is 30.9 Å². The van der Waals surface area contributed by atoms with Crippen molar-refractivity contribution in [3.05, 3.63) is 59.7 Å². The summed E-state index contributed by atoms with van der Waals surface area (Å²) in [6.07, 6.45) is -0.216. The van der Waals surface area contributed by atoms with Crippen molar-refractivity contribution in [2.24, 2.45) is 0 Å². The fourth-order valence-corrected chi connectivity index (χ4v) is 4.20. The third-order valence-electron chi connectivity index (χ3n) is 6.03. The number of carbonyl (C=O) groups is 1. The normalized spacial score (nSPS) is 12.5. The highest BCUT2D eigenvalue weighted by Gasteiger charge is 2.28. The molecule has 9 nitrogen and oxygen atoms in total. The van der Waals surface area contributed by atoms with Gasteiger partial charge in [0, 0.05) is 12.5 Å². The molecule has 216 valence electrons. The first-order valence-corrected chi connectivity index (χ1v) is 13.8. The molecule has 1 aliphatic rings. The summed E-state index contributed by atoms with van der Waals surface area (Å²) >= 11 is 0. The SMILES string of the molecule is CC(C)OCCOCCOCCOCCOCCOCCNC(=O)OCC1c2ccccc2-c2ccccc21. The Kier molecular flexibility index (Phi) is 14.9. The quantitative estimate of drug-likeness (QED) is 0.235. The molecule has 0 fully saturated rings. The van der Waals surface area contributed by atoms with E-state index in [-0.39, 0.29) is 12.0 Å². The van der Waals surface area contributed by atoms with Gasteiger partial charge >= 0.3 is 6.09 Å². The van der Waals surface area contributed by atoms with E-state index in [0.29, 0.717) is 85.8 Å². The summed E-state index contributed by atoms with van der Waals surface area (Å²) in [4.78, 5) is 12.2. The molecule has 0 unspecified atom stereocenters. The number of rotatable bonds is 21. The molecule has 9 heteroatoms. The van der Waals surface area contributed by atoms with Gasteiger partial charge in [-0.15, -0.1) is 0 Å². The van der Waals surface area contributed by atoms with E-state index in [4.69, 9.17) is 33.2 Å². The number of ether oxygens (including phenoxy) is 7. The van der Waals surface area contributed by atoms with E-state index in [9.17, 15) is 4.79 Å². The number of hydrogen-bond donors (Lipinski definition) is 1. The molecule has 1 aliphatic carbocycles. The van der Waals surface area contributed by atoms with Crippen LogP contribution in [0.2, 0.25) is 0 Å². The molecule has 0 heterocycles. The van der Waals surface area contributed by atoms with Crippen LogP contribution in [-0.4, -0.2) is 98.0 Å². The number of hydrogen-bond acceptors (Lipinski definition) is 8. The Morgan fingerprint density at radius 2 is 1.10 bits per heavy atom. The molecule has 1 N–H and O–H groups in total. The van der Waals surface area contributed by atoms with Crippen molar-refractivity contribution >= 4 is 6.09 Å². The number of nitrogens with one attached hydrogen (secondary N) is 1. The molecule has 2 aromatic rings. The highest BCUT2D eigenvalue weighted by atomic mass is 16.6. The van der Waals surface area contributed by atoms with Gasteiger partial charge in [-0.05, 0) is 36.1 Å². The van der Waals surface area contributed by atoms with Gasteiger partial charge in [0.25, 0.3) is 0 Å². The number of fused-ring (bicyclic) bond motifs is 3. The van der Waals surface area contributed by atoms with Crippen LogP contribution in [0.25, 0.3) is 11.1 Å². The standard InChI is InChI=1S/C30H43NO8/c1-24(2)38-22-21-37-20-19-36-18-17-35-16-15-34-14-13-33-12-11-31-30(32)39-23-29-27-9-5-3-7-25(27)26-8-4-6-10-28(26)29/h3-10,24,29H,11-23H2,1-2H3,(H,31,32). The highest BCUT2D eigenvalue weighted by molar-refractivity contribution is 5.79. The van der Waals surface area contributed by atoms with Crippen LogP contribution < -0.4 is 5.32 Å². The van der Waals surface area contributed by atoms with Crippen molar-refractivity contribution in [1.82, 2.24) is 5.32 Å². The van der Waals surface area contributed by atoms with Crippen molar-refractivity contribution in [3.8, 4) is 11.1 Å². The van der Waals surface area contributed by atoms with Gasteiger partial charge in [0.1, 0.15) is 6.61 Å². The smallest absolute Gasteiger partial charge is 0.407 e. The van der Waals surface area contributed by atoms with Crippen LogP contribution in [0.15, 0.2) is 48.5 Å². The summed E-state index contributed by atoms with van der Waals surface area (Å²) in [5.74, 6) is 0.0489. The van der Waals surface area contributed by atoms with Crippen LogP contribution in [0.3, 0.4) is 0 Å². The van der Waals surface area contributed by atoms with Gasteiger partial charge < -0.3 is 38.5 Å². The first kappa shape index (κ1) is 31.0. The van der Waals surface area contributed by atoms with E-state index in [1.54, 1.807) is 0 Å². The van der Waals surface area contributed by atoms with Crippen molar-refractivity contribution < 1.29 is 38.0 Å². The zero-order valence-electron chi connectivity index (χ0n) is 23.2. The van der Waals surface area contributed by atoms with Crippen LogP contribution in [-0.2, 0) is 33.2 Å². The van der Waals surface area contributed by atoms with Crippen LogP contribution in [0, 0.1) is 0 Å². The second-order valence-electron chi connectivity index (χ2n) is 9.23. The van der Waals surface area contributed by atoms with E-state index in [1.807, 2.05) is 38.1 Å². The Labute approximate surface area is 232 Å². The minimum atomic E-state index is -0.443. The molecule has 0 spiro atoms. The largest absolute Gasteiger partial charge is 0.449 e. The lowest BCUT2D eigenvalue weighted by atomic mass is 9.98. The fraction of sp³-hybridized carbons (Fsp3) is 0.567. The molecule has 0 atom stereocenters. The predicted molar refractivity (Wildman–Crippen MR) is 148 cm³/mol. The molecule has 1 amide bonds. The van der Waals surface area contributed by atoms with Gasteiger partial charge in [-0.2, -0.15) is 0 Å². The zero-order valence-corrected chi connectivity index (χ0v) is 23.2. The summed E-state index contributed by atoms with van der Waals surface area (Å²) in [5.41, 5.74) is 4.80. The lowest BCUT2D eigenvalue weighted by Crippen LogP contribution is -2.29. The van der Waals surface area contributed by atoms with E-state index < -0.39 is 6.09 Å². The minimum absolute atomic E-state index is 0.0489. The van der Waals surface area contributed by atoms with Gasteiger partial charge in [-0.3, -0.25) is 0 Å². The van der Waals surface area contributed by atoms with Crippen LogP contribution in [0.4, 0.5) is 4.79 Å².